The largest absolute Gasteiger partial charge is 0.511 e. The minimum Gasteiger partial charge on any atom is -0.511 e. The summed E-state index contributed by atoms with van der Waals surface area (Å²) < 4.78 is 0. The fraction of sp³-hybridized carbons (Fsp3) is 0.674. The molecule has 14 nitrogen and oxygen atoms in total. The van der Waals surface area contributed by atoms with Gasteiger partial charge in [-0.3, -0.25) is 15.0 Å². The van der Waals surface area contributed by atoms with Crippen molar-refractivity contribution >= 4 is 17.6 Å². The zero-order valence-corrected chi connectivity index (χ0v) is 36.0. The summed E-state index contributed by atoms with van der Waals surface area (Å²) in [5.74, 6) is -3.01. The van der Waals surface area contributed by atoms with Crippen LogP contribution in [0.1, 0.15) is 98.8 Å². The summed E-state index contributed by atoms with van der Waals surface area (Å²) in [7, 11) is 0. The molecule has 1 amide bonds. The van der Waals surface area contributed by atoms with Gasteiger partial charge >= 0.3 is 0 Å². The standard InChI is InChI=1S/C46H72N4O10/c1-26(37(54)13-7-11-31(51)10-6-12-33(53)24-30-9-8-22-50(30)45(47)48)14-17-32(52)18-15-27(2)41(57)28(3)16-19-35-29(4)23-34-36(20-21-38(55)42(34)58)46(35,5)43(59)40-39(56)25-49-44(40)60/h6-7,10,13-15,17,23,26,28,30-38,41-42,51-55,57-59H,8-9,11-12,16,18-22,24-25H2,1-5H3,(H3,47,48)(H,49,60)/b10-6+,13-7+,17-14+,27-15+,43-40?/t26-,28-,30-,31+,32+,33-,34-,35+,36-,37+,38+,41+,42-,46+/m0/s1. The quantitative estimate of drug-likeness (QED) is 0.0224. The van der Waals surface area contributed by atoms with Crippen LogP contribution in [0, 0.1) is 40.4 Å². The van der Waals surface area contributed by atoms with Crippen LogP contribution in [0.25, 0.3) is 0 Å². The molecule has 0 radical (unpaired) electrons. The Kier molecular flexibility index (Phi) is 17.9. The number of fused-ring (bicyclic) bond motifs is 1. The van der Waals surface area contributed by atoms with E-state index in [1.165, 1.54) is 0 Å². The first kappa shape index (κ1) is 49.0. The van der Waals surface area contributed by atoms with Crippen molar-refractivity contribution in [2.45, 2.75) is 148 Å². The average Bonchev–Trinajstić information content (AvgIpc) is 3.81. The van der Waals surface area contributed by atoms with Crippen LogP contribution < -0.4 is 11.1 Å². The highest BCUT2D eigenvalue weighted by Gasteiger charge is 2.56. The number of likely N-dealkylation sites (tertiary alicyclic amines) is 1. The van der Waals surface area contributed by atoms with Crippen molar-refractivity contribution in [3.8, 4) is 0 Å². The molecule has 1 saturated carbocycles. The molecule has 4 aliphatic rings. The predicted octanol–water partition coefficient (Wildman–Crippen LogP) is 3.22. The minimum absolute atomic E-state index is 0.0272. The van der Waals surface area contributed by atoms with Gasteiger partial charge in [-0.1, -0.05) is 75.0 Å². The first-order valence-corrected chi connectivity index (χ1v) is 21.8. The molecule has 0 unspecified atom stereocenters. The molecule has 2 aliphatic carbocycles. The molecule has 2 aliphatic heterocycles. The number of Topliss-reactive ketones (excluding diaryl/α,β-unsaturated/α-hetero) is 1. The number of guanidine groups is 1. The minimum atomic E-state index is -1.08. The number of hydrogen-bond acceptors (Lipinski definition) is 11. The maximum Gasteiger partial charge on any atom is 0.258 e. The summed E-state index contributed by atoms with van der Waals surface area (Å²) in [5, 5.41) is 96.8. The van der Waals surface area contributed by atoms with Crippen LogP contribution in [0.15, 0.2) is 71.1 Å². The van der Waals surface area contributed by atoms with Crippen LogP contribution in [0.5, 0.6) is 0 Å². The summed E-state index contributed by atoms with van der Waals surface area (Å²) in [5.41, 5.74) is 5.87. The highest BCUT2D eigenvalue weighted by molar-refractivity contribution is 6.25. The van der Waals surface area contributed by atoms with Crippen LogP contribution in [0.2, 0.25) is 0 Å². The smallest absolute Gasteiger partial charge is 0.258 e. The lowest BCUT2D eigenvalue weighted by Gasteiger charge is -2.54. The molecular weight excluding hydrogens is 769 g/mol. The Bertz CT molecular complexity index is 1670. The van der Waals surface area contributed by atoms with E-state index in [1.54, 1.807) is 49.5 Å². The summed E-state index contributed by atoms with van der Waals surface area (Å²) in [6.45, 7) is 9.83. The van der Waals surface area contributed by atoms with Gasteiger partial charge in [0.15, 0.2) is 11.7 Å². The van der Waals surface area contributed by atoms with Crippen molar-refractivity contribution in [1.29, 1.82) is 5.41 Å². The molecule has 0 spiro atoms. The van der Waals surface area contributed by atoms with Gasteiger partial charge in [-0.05, 0) is 101 Å². The Labute approximate surface area is 355 Å². The second-order valence-electron chi connectivity index (χ2n) is 18.0. The summed E-state index contributed by atoms with van der Waals surface area (Å²) in [6.07, 6.45) is 12.9. The predicted molar refractivity (Wildman–Crippen MR) is 230 cm³/mol. The van der Waals surface area contributed by atoms with Gasteiger partial charge in [0, 0.05) is 29.8 Å². The molecule has 4 rings (SSSR count). The number of carbonyl (C=O) groups is 2. The lowest BCUT2D eigenvalue weighted by Crippen LogP contribution is -2.53. The number of nitrogens with zero attached hydrogens (tertiary/aromatic N) is 1. The van der Waals surface area contributed by atoms with Crippen LogP contribution in [0.4, 0.5) is 0 Å². The molecule has 14 atom stereocenters. The van der Waals surface area contributed by atoms with E-state index >= 15 is 0 Å². The van der Waals surface area contributed by atoms with Crippen LogP contribution in [0.3, 0.4) is 0 Å². The van der Waals surface area contributed by atoms with Crippen molar-refractivity contribution in [3.63, 3.8) is 0 Å². The van der Waals surface area contributed by atoms with E-state index in [9.17, 15) is 50.4 Å². The molecule has 0 bridgehead atoms. The summed E-state index contributed by atoms with van der Waals surface area (Å²) in [6, 6.07) is 0.0535. The van der Waals surface area contributed by atoms with Gasteiger partial charge in [0.2, 0.25) is 0 Å². The van der Waals surface area contributed by atoms with Crippen molar-refractivity contribution in [1.82, 2.24) is 10.2 Å². The van der Waals surface area contributed by atoms with E-state index in [0.29, 0.717) is 44.1 Å². The third-order valence-corrected chi connectivity index (χ3v) is 13.7. The fourth-order valence-corrected chi connectivity index (χ4v) is 9.89. The van der Waals surface area contributed by atoms with Gasteiger partial charge in [0.25, 0.3) is 5.91 Å². The number of aliphatic hydroxyl groups is 8. The fourth-order valence-electron chi connectivity index (χ4n) is 9.89. The van der Waals surface area contributed by atoms with Crippen molar-refractivity contribution in [2.75, 3.05) is 13.1 Å². The van der Waals surface area contributed by atoms with E-state index < -0.39 is 65.8 Å². The van der Waals surface area contributed by atoms with Gasteiger partial charge in [-0.2, -0.15) is 0 Å². The van der Waals surface area contributed by atoms with Crippen LogP contribution in [-0.4, -0.2) is 125 Å². The number of aliphatic hydroxyl groups excluding tert-OH is 8. The molecule has 60 heavy (non-hydrogen) atoms. The lowest BCUT2D eigenvalue weighted by atomic mass is 9.51. The molecular formula is C46H72N4O10. The normalized spacial score (nSPS) is 32.2. The maximum absolute atomic E-state index is 12.8. The maximum atomic E-state index is 12.8. The molecule has 3 fully saturated rings. The third kappa shape index (κ3) is 12.0. The zero-order valence-electron chi connectivity index (χ0n) is 36.0. The van der Waals surface area contributed by atoms with E-state index in [2.05, 4.69) is 5.32 Å². The SMILES string of the molecule is CC1=C[C@@H]2[C@H](O)[C@H](O)CC[C@@H]2[C@](C)(C(O)=C2C(=O)CNC2=O)[C@@H]1CC[C@H](C)[C@H](O)/C(C)=C/C[C@H](O)/C=C/[C@H](C)[C@H](O)/C=C/C[C@H](O)/C=C/C[C@H](O)C[C@@H]1CCCN1C(=N)N. The van der Waals surface area contributed by atoms with Crippen molar-refractivity contribution < 1.29 is 50.4 Å². The molecule has 336 valence electrons. The number of nitrogens with two attached hydrogens (primary N) is 1. The van der Waals surface area contributed by atoms with Crippen LogP contribution >= 0.6 is 0 Å². The number of carbonyl (C=O) groups excluding carboxylic acids is 2. The van der Waals surface area contributed by atoms with Gasteiger partial charge in [-0.25, -0.2) is 0 Å². The Morgan fingerprint density at radius 1 is 1.00 bits per heavy atom. The second kappa shape index (κ2) is 21.9. The second-order valence-corrected chi connectivity index (χ2v) is 18.0. The van der Waals surface area contributed by atoms with Crippen molar-refractivity contribution in [2.24, 2.45) is 40.7 Å². The number of nitrogens with one attached hydrogen (secondary N) is 2. The van der Waals surface area contributed by atoms with E-state index in [4.69, 9.17) is 11.1 Å². The number of amides is 1. The molecule has 0 aromatic carbocycles. The topological polar surface area (TPSA) is 261 Å². The Morgan fingerprint density at radius 3 is 2.35 bits per heavy atom. The first-order valence-electron chi connectivity index (χ1n) is 21.8. The van der Waals surface area contributed by atoms with Crippen molar-refractivity contribution in [3.05, 3.63) is 71.1 Å². The van der Waals surface area contributed by atoms with Crippen LogP contribution in [-0.2, 0) is 9.59 Å². The molecule has 0 aromatic heterocycles. The molecule has 0 aromatic rings. The molecule has 14 heteroatoms. The number of rotatable bonds is 19. The first-order chi connectivity index (χ1) is 28.3. The number of ketones is 1. The Balaban J connectivity index is 1.26. The molecule has 2 saturated heterocycles. The summed E-state index contributed by atoms with van der Waals surface area (Å²) >= 11 is 0. The number of allylic oxidation sites excluding steroid dienone is 2. The zero-order chi connectivity index (χ0) is 44.5. The monoisotopic (exact) mass is 841 g/mol. The van der Waals surface area contributed by atoms with E-state index in [0.717, 1.165) is 25.0 Å². The number of hydrogen-bond donors (Lipinski definition) is 11. The third-order valence-electron chi connectivity index (χ3n) is 13.7. The molecule has 2 heterocycles. The summed E-state index contributed by atoms with van der Waals surface area (Å²) in [4.78, 5) is 27.3. The van der Waals surface area contributed by atoms with Gasteiger partial charge < -0.3 is 56.8 Å². The van der Waals surface area contributed by atoms with Gasteiger partial charge in [0.1, 0.15) is 11.3 Å². The highest BCUT2D eigenvalue weighted by Crippen LogP contribution is 2.58. The Hall–Kier alpha value is -3.63. The van der Waals surface area contributed by atoms with Gasteiger partial charge in [0.05, 0.1) is 49.3 Å². The lowest BCUT2D eigenvalue weighted by molar-refractivity contribution is -0.118. The van der Waals surface area contributed by atoms with E-state index in [-0.39, 0.29) is 66.4 Å². The Morgan fingerprint density at radius 2 is 1.68 bits per heavy atom. The highest BCUT2D eigenvalue weighted by atomic mass is 16.3. The molecule has 12 N–H and O–H groups in total. The van der Waals surface area contributed by atoms with E-state index in [1.807, 2.05) is 38.7 Å². The average molecular weight is 841 g/mol. The van der Waals surface area contributed by atoms with Gasteiger partial charge in [-0.15, -0.1) is 0 Å².